The molecular formula is C18H26N2O3S2. The van der Waals surface area contributed by atoms with Gasteiger partial charge in [-0.1, -0.05) is 13.8 Å². The molecule has 138 valence electrons. The largest absolute Gasteiger partial charge is 0.333 e. The number of carbonyl (C=O) groups excluding carboxylic acids is 1. The Morgan fingerprint density at radius 1 is 1.40 bits per heavy atom. The van der Waals surface area contributed by atoms with E-state index in [9.17, 15) is 13.2 Å². The molecule has 1 unspecified atom stereocenters. The van der Waals surface area contributed by atoms with Gasteiger partial charge in [0.15, 0.2) is 9.84 Å². The van der Waals surface area contributed by atoms with Crippen molar-refractivity contribution in [1.82, 2.24) is 10.2 Å². The molecule has 4 rings (SSSR count). The maximum atomic E-state index is 12.6. The minimum Gasteiger partial charge on any atom is -0.333 e. The molecule has 2 amide bonds. The van der Waals surface area contributed by atoms with Crippen LogP contribution in [0.25, 0.3) is 0 Å². The Labute approximate surface area is 153 Å². The molecule has 0 radical (unpaired) electrons. The van der Waals surface area contributed by atoms with Crippen LogP contribution >= 0.6 is 11.3 Å². The second kappa shape index (κ2) is 5.98. The highest BCUT2D eigenvalue weighted by atomic mass is 32.2. The number of amides is 2. The van der Waals surface area contributed by atoms with Crippen LogP contribution in [-0.2, 0) is 16.4 Å². The first-order chi connectivity index (χ1) is 11.8. The second-order valence-electron chi connectivity index (χ2n) is 8.05. The van der Waals surface area contributed by atoms with Crippen molar-refractivity contribution in [1.29, 1.82) is 0 Å². The van der Waals surface area contributed by atoms with Crippen LogP contribution in [0.2, 0.25) is 0 Å². The number of rotatable bonds is 4. The molecule has 4 atom stereocenters. The third-order valence-electron chi connectivity index (χ3n) is 6.80. The molecule has 1 saturated heterocycles. The first kappa shape index (κ1) is 17.3. The maximum Gasteiger partial charge on any atom is 0.317 e. The SMILES string of the molecule is CCS(=O)(=O)c1ccc(CNC(=O)N2CC3[C@@H]4CC[C@@H](C4)[C@@]3(C)C2)s1. The van der Waals surface area contributed by atoms with E-state index >= 15 is 0 Å². The van der Waals surface area contributed by atoms with Gasteiger partial charge in [0.2, 0.25) is 0 Å². The Hall–Kier alpha value is -1.08. The normalized spacial score (nSPS) is 33.7. The summed E-state index contributed by atoms with van der Waals surface area (Å²) >= 11 is 1.25. The minimum absolute atomic E-state index is 0.0108. The zero-order valence-electron chi connectivity index (χ0n) is 14.8. The van der Waals surface area contributed by atoms with Gasteiger partial charge >= 0.3 is 6.03 Å². The predicted octanol–water partition coefficient (Wildman–Crippen LogP) is 3.12. The van der Waals surface area contributed by atoms with Crippen LogP contribution < -0.4 is 5.32 Å². The van der Waals surface area contributed by atoms with Gasteiger partial charge in [-0.3, -0.25) is 0 Å². The third kappa shape index (κ3) is 2.79. The summed E-state index contributed by atoms with van der Waals surface area (Å²) in [4.78, 5) is 15.4. The lowest BCUT2D eigenvalue weighted by atomic mass is 9.70. The molecule has 25 heavy (non-hydrogen) atoms. The summed E-state index contributed by atoms with van der Waals surface area (Å²) in [5.41, 5.74) is 0.311. The predicted molar refractivity (Wildman–Crippen MR) is 98.3 cm³/mol. The fourth-order valence-electron chi connectivity index (χ4n) is 5.33. The molecule has 2 heterocycles. The Morgan fingerprint density at radius 3 is 2.92 bits per heavy atom. The second-order valence-corrected chi connectivity index (χ2v) is 11.7. The van der Waals surface area contributed by atoms with Crippen molar-refractivity contribution >= 4 is 27.2 Å². The summed E-state index contributed by atoms with van der Waals surface area (Å²) in [6.45, 7) is 6.16. The number of hydrogen-bond donors (Lipinski definition) is 1. The number of nitrogens with zero attached hydrogens (tertiary/aromatic N) is 1. The number of likely N-dealkylation sites (tertiary alicyclic amines) is 1. The highest BCUT2D eigenvalue weighted by molar-refractivity contribution is 7.93. The summed E-state index contributed by atoms with van der Waals surface area (Å²) in [6.07, 6.45) is 4.03. The highest BCUT2D eigenvalue weighted by Gasteiger charge is 2.59. The molecule has 5 nitrogen and oxygen atoms in total. The summed E-state index contributed by atoms with van der Waals surface area (Å²) in [6, 6.07) is 3.43. The molecule has 7 heteroatoms. The zero-order chi connectivity index (χ0) is 17.8. The Morgan fingerprint density at radius 2 is 2.20 bits per heavy atom. The standard InChI is InChI=1S/C18H26N2O3S2/c1-3-25(22,23)16-7-6-14(24-16)9-19-17(21)20-10-15-12-4-5-13(8-12)18(15,2)11-20/h6-7,12-13,15H,3-5,8-11H2,1-2H3,(H,19,21)/t12-,13+,15?,18-/m1/s1. The van der Waals surface area contributed by atoms with Crippen molar-refractivity contribution in [2.75, 3.05) is 18.8 Å². The first-order valence-electron chi connectivity index (χ1n) is 9.17. The van der Waals surface area contributed by atoms with E-state index in [0.717, 1.165) is 29.8 Å². The molecule has 3 aliphatic rings. The van der Waals surface area contributed by atoms with Gasteiger partial charge in [-0.25, -0.2) is 13.2 Å². The van der Waals surface area contributed by atoms with Crippen LogP contribution in [0.15, 0.2) is 16.3 Å². The molecular weight excluding hydrogens is 356 g/mol. The van der Waals surface area contributed by atoms with Crippen molar-refractivity contribution in [3.05, 3.63) is 17.0 Å². The Balaban J connectivity index is 1.36. The average molecular weight is 383 g/mol. The maximum absolute atomic E-state index is 12.6. The molecule has 0 aromatic carbocycles. The number of sulfone groups is 1. The van der Waals surface area contributed by atoms with E-state index in [-0.39, 0.29) is 11.8 Å². The summed E-state index contributed by atoms with van der Waals surface area (Å²) in [7, 11) is -3.16. The van der Waals surface area contributed by atoms with Crippen molar-refractivity contribution < 1.29 is 13.2 Å². The lowest BCUT2D eigenvalue weighted by molar-refractivity contribution is 0.151. The van der Waals surface area contributed by atoms with E-state index in [2.05, 4.69) is 12.2 Å². The molecule has 0 spiro atoms. The van der Waals surface area contributed by atoms with E-state index in [4.69, 9.17) is 0 Å². The van der Waals surface area contributed by atoms with Gasteiger partial charge in [0.1, 0.15) is 4.21 Å². The first-order valence-corrected chi connectivity index (χ1v) is 11.6. The van der Waals surface area contributed by atoms with E-state index in [0.29, 0.717) is 22.1 Å². The van der Waals surface area contributed by atoms with Gasteiger partial charge in [0.25, 0.3) is 0 Å². The van der Waals surface area contributed by atoms with Gasteiger partial charge in [0.05, 0.1) is 12.3 Å². The van der Waals surface area contributed by atoms with Crippen molar-refractivity contribution in [3.8, 4) is 0 Å². The summed E-state index contributed by atoms with van der Waals surface area (Å²) < 4.78 is 24.2. The van der Waals surface area contributed by atoms with Crippen molar-refractivity contribution in [2.24, 2.45) is 23.2 Å². The number of fused-ring (bicyclic) bond motifs is 5. The van der Waals surface area contributed by atoms with E-state index in [1.54, 1.807) is 19.1 Å². The quantitative estimate of drug-likeness (QED) is 0.870. The monoisotopic (exact) mass is 382 g/mol. The molecule has 1 aromatic rings. The van der Waals surface area contributed by atoms with Crippen LogP contribution in [0.5, 0.6) is 0 Å². The van der Waals surface area contributed by atoms with Gasteiger partial charge in [0, 0.05) is 18.0 Å². The van der Waals surface area contributed by atoms with Crippen molar-refractivity contribution in [3.63, 3.8) is 0 Å². The lowest BCUT2D eigenvalue weighted by Gasteiger charge is -2.34. The molecule has 2 bridgehead atoms. The number of nitrogens with one attached hydrogen (secondary N) is 1. The molecule has 1 aliphatic heterocycles. The lowest BCUT2D eigenvalue weighted by Crippen LogP contribution is -2.40. The van der Waals surface area contributed by atoms with Crippen LogP contribution in [0.4, 0.5) is 4.79 Å². The Kier molecular flexibility index (Phi) is 4.15. The smallest absolute Gasteiger partial charge is 0.317 e. The Bertz CT molecular complexity index is 788. The molecule has 1 aromatic heterocycles. The molecule has 3 fully saturated rings. The van der Waals surface area contributed by atoms with Crippen LogP contribution in [0, 0.1) is 23.2 Å². The van der Waals surface area contributed by atoms with Crippen molar-refractivity contribution in [2.45, 2.75) is 43.9 Å². The van der Waals surface area contributed by atoms with E-state index in [1.807, 2.05) is 4.90 Å². The summed E-state index contributed by atoms with van der Waals surface area (Å²) in [5, 5.41) is 2.98. The van der Waals surface area contributed by atoms with Crippen LogP contribution in [-0.4, -0.2) is 38.2 Å². The van der Waals surface area contributed by atoms with E-state index in [1.165, 1.54) is 30.6 Å². The number of urea groups is 1. The number of thiophene rings is 1. The fraction of sp³-hybridized carbons (Fsp3) is 0.722. The third-order valence-corrected chi connectivity index (χ3v) is 10.2. The molecule has 2 saturated carbocycles. The van der Waals surface area contributed by atoms with Gasteiger partial charge < -0.3 is 10.2 Å². The van der Waals surface area contributed by atoms with E-state index < -0.39 is 9.84 Å². The molecule has 2 aliphatic carbocycles. The minimum atomic E-state index is -3.16. The number of carbonyl (C=O) groups is 1. The summed E-state index contributed by atoms with van der Waals surface area (Å²) in [5.74, 6) is 2.38. The van der Waals surface area contributed by atoms with Crippen LogP contribution in [0.3, 0.4) is 0 Å². The fourth-order valence-corrected chi connectivity index (χ4v) is 7.75. The average Bonchev–Trinajstić information content (AvgIpc) is 3.32. The zero-order valence-corrected chi connectivity index (χ0v) is 16.5. The van der Waals surface area contributed by atoms with Gasteiger partial charge in [-0.05, 0) is 54.6 Å². The van der Waals surface area contributed by atoms with Crippen LogP contribution in [0.1, 0.15) is 38.0 Å². The molecule has 1 N–H and O–H groups in total. The van der Waals surface area contributed by atoms with Gasteiger partial charge in [-0.15, -0.1) is 11.3 Å². The topological polar surface area (TPSA) is 66.5 Å². The highest BCUT2D eigenvalue weighted by Crippen LogP contribution is 2.62. The van der Waals surface area contributed by atoms with Gasteiger partial charge in [-0.2, -0.15) is 0 Å². The number of hydrogen-bond acceptors (Lipinski definition) is 4.